The van der Waals surface area contributed by atoms with Gasteiger partial charge in [-0.1, -0.05) is 12.1 Å². The van der Waals surface area contributed by atoms with Crippen molar-refractivity contribution in [2.75, 3.05) is 10.6 Å². The molecule has 2 aromatic rings. The number of benzene rings is 1. The highest BCUT2D eigenvalue weighted by atomic mass is 32.1. The summed E-state index contributed by atoms with van der Waals surface area (Å²) < 4.78 is 0. The number of hydrogen-bond acceptors (Lipinski definition) is 5. The van der Waals surface area contributed by atoms with Crippen molar-refractivity contribution in [2.24, 2.45) is 5.92 Å². The summed E-state index contributed by atoms with van der Waals surface area (Å²) in [5.41, 5.74) is 0.792. The first-order valence-electron chi connectivity index (χ1n) is 7.76. The van der Waals surface area contributed by atoms with Crippen molar-refractivity contribution in [1.29, 1.82) is 0 Å². The topological polar surface area (TPSA) is 88.2 Å². The maximum atomic E-state index is 12.4. The van der Waals surface area contributed by atoms with Crippen LogP contribution in [0.15, 0.2) is 35.8 Å². The lowest BCUT2D eigenvalue weighted by Gasteiger charge is -2.12. The standard InChI is InChI=1S/C17H17N3O3S/c21-14-7-3-4-11(14)10-15(22)19-13-6-2-1-5-12(13)16(23)20-17-18-8-9-24-17/h1-2,5-6,8-9,11H,3-4,7,10H2,(H,19,22)(H,18,20,23). The number of Topliss-reactive ketones (excluding diaryl/α,β-unsaturated/α-hetero) is 1. The second-order valence-electron chi connectivity index (χ2n) is 5.64. The maximum Gasteiger partial charge on any atom is 0.259 e. The molecule has 2 amide bonds. The highest BCUT2D eigenvalue weighted by Gasteiger charge is 2.27. The third kappa shape index (κ3) is 3.86. The van der Waals surface area contributed by atoms with Crippen LogP contribution in [0.25, 0.3) is 0 Å². The van der Waals surface area contributed by atoms with Crippen LogP contribution in [-0.4, -0.2) is 22.6 Å². The zero-order valence-corrected chi connectivity index (χ0v) is 13.8. The van der Waals surface area contributed by atoms with Crippen molar-refractivity contribution < 1.29 is 14.4 Å². The highest BCUT2D eigenvalue weighted by Crippen LogP contribution is 2.25. The molecule has 0 spiro atoms. The molecule has 124 valence electrons. The minimum atomic E-state index is -0.335. The van der Waals surface area contributed by atoms with Crippen molar-refractivity contribution in [3.8, 4) is 0 Å². The van der Waals surface area contributed by atoms with Gasteiger partial charge in [0.25, 0.3) is 5.91 Å². The van der Waals surface area contributed by atoms with E-state index in [-0.39, 0.29) is 29.9 Å². The number of amides is 2. The van der Waals surface area contributed by atoms with Crippen LogP contribution in [0.5, 0.6) is 0 Å². The molecule has 6 nitrogen and oxygen atoms in total. The Bertz CT molecular complexity index is 758. The van der Waals surface area contributed by atoms with Gasteiger partial charge < -0.3 is 5.32 Å². The summed E-state index contributed by atoms with van der Waals surface area (Å²) in [7, 11) is 0. The molecule has 3 rings (SSSR count). The molecular weight excluding hydrogens is 326 g/mol. The van der Waals surface area contributed by atoms with Crippen molar-refractivity contribution in [1.82, 2.24) is 4.98 Å². The fraction of sp³-hybridized carbons (Fsp3) is 0.294. The number of thiazole rings is 1. The molecule has 0 radical (unpaired) electrons. The lowest BCUT2D eigenvalue weighted by molar-refractivity contribution is -0.125. The van der Waals surface area contributed by atoms with Crippen LogP contribution in [0.1, 0.15) is 36.0 Å². The molecule has 1 aliphatic carbocycles. The second-order valence-corrected chi connectivity index (χ2v) is 6.54. The van der Waals surface area contributed by atoms with Crippen LogP contribution in [-0.2, 0) is 9.59 Å². The normalized spacial score (nSPS) is 16.8. The Hall–Kier alpha value is -2.54. The van der Waals surface area contributed by atoms with Crippen molar-refractivity contribution in [3.05, 3.63) is 41.4 Å². The predicted octanol–water partition coefficient (Wildman–Crippen LogP) is 3.09. The summed E-state index contributed by atoms with van der Waals surface area (Å²) in [4.78, 5) is 40.2. The van der Waals surface area contributed by atoms with E-state index in [1.165, 1.54) is 11.3 Å². The smallest absolute Gasteiger partial charge is 0.259 e. The first kappa shape index (κ1) is 16.3. The van der Waals surface area contributed by atoms with Gasteiger partial charge in [-0.25, -0.2) is 4.98 Å². The van der Waals surface area contributed by atoms with Crippen LogP contribution in [0.4, 0.5) is 10.8 Å². The molecule has 1 fully saturated rings. The molecule has 0 bridgehead atoms. The van der Waals surface area contributed by atoms with Gasteiger partial charge in [0.1, 0.15) is 5.78 Å². The predicted molar refractivity (Wildman–Crippen MR) is 92.1 cm³/mol. The van der Waals surface area contributed by atoms with Gasteiger partial charge in [0.2, 0.25) is 5.91 Å². The number of carbonyl (C=O) groups is 3. The lowest BCUT2D eigenvalue weighted by Crippen LogP contribution is -2.21. The molecule has 24 heavy (non-hydrogen) atoms. The first-order chi connectivity index (χ1) is 11.6. The molecule has 1 unspecified atom stereocenters. The number of anilines is 2. The van der Waals surface area contributed by atoms with Gasteiger partial charge in [-0.3, -0.25) is 19.7 Å². The van der Waals surface area contributed by atoms with Gasteiger partial charge in [0.15, 0.2) is 5.13 Å². The van der Waals surface area contributed by atoms with Crippen molar-refractivity contribution in [2.45, 2.75) is 25.7 Å². The Morgan fingerprint density at radius 2 is 2.08 bits per heavy atom. The number of hydrogen-bond donors (Lipinski definition) is 2. The Morgan fingerprint density at radius 1 is 1.25 bits per heavy atom. The van der Waals surface area contributed by atoms with E-state index in [1.807, 2.05) is 0 Å². The molecular formula is C17H17N3O3S. The zero-order valence-electron chi connectivity index (χ0n) is 13.0. The van der Waals surface area contributed by atoms with Gasteiger partial charge in [-0.2, -0.15) is 0 Å². The molecule has 2 N–H and O–H groups in total. The number of carbonyl (C=O) groups excluding carboxylic acids is 3. The van der Waals surface area contributed by atoms with Gasteiger partial charge in [0.05, 0.1) is 11.3 Å². The number of ketones is 1. The van der Waals surface area contributed by atoms with Crippen LogP contribution >= 0.6 is 11.3 Å². The van der Waals surface area contributed by atoms with E-state index in [2.05, 4.69) is 15.6 Å². The van der Waals surface area contributed by atoms with Crippen LogP contribution in [0, 0.1) is 5.92 Å². The number of aromatic nitrogens is 1. The largest absolute Gasteiger partial charge is 0.325 e. The fourth-order valence-corrected chi connectivity index (χ4v) is 3.29. The zero-order chi connectivity index (χ0) is 16.9. The van der Waals surface area contributed by atoms with E-state index in [1.54, 1.807) is 35.8 Å². The van der Waals surface area contributed by atoms with Gasteiger partial charge in [0, 0.05) is 30.3 Å². The number of nitrogens with zero attached hydrogens (tertiary/aromatic N) is 1. The van der Waals surface area contributed by atoms with E-state index < -0.39 is 0 Å². The fourth-order valence-electron chi connectivity index (χ4n) is 2.77. The Balaban J connectivity index is 1.68. The molecule has 1 aromatic carbocycles. The molecule has 0 aliphatic heterocycles. The third-order valence-corrected chi connectivity index (χ3v) is 4.65. The number of rotatable bonds is 5. The highest BCUT2D eigenvalue weighted by molar-refractivity contribution is 7.13. The molecule has 1 saturated carbocycles. The SMILES string of the molecule is O=C(CC1CCCC1=O)Nc1ccccc1C(=O)Nc1nccs1. The van der Waals surface area contributed by atoms with Crippen molar-refractivity contribution in [3.63, 3.8) is 0 Å². The minimum Gasteiger partial charge on any atom is -0.325 e. The average Bonchev–Trinajstić information content (AvgIpc) is 3.20. The summed E-state index contributed by atoms with van der Waals surface area (Å²) in [5.74, 6) is -0.621. The van der Waals surface area contributed by atoms with E-state index in [9.17, 15) is 14.4 Å². The molecule has 7 heteroatoms. The lowest BCUT2D eigenvalue weighted by atomic mass is 10.0. The summed E-state index contributed by atoms with van der Waals surface area (Å²) in [6, 6.07) is 6.79. The second kappa shape index (κ2) is 7.35. The van der Waals surface area contributed by atoms with Crippen LogP contribution < -0.4 is 10.6 Å². The first-order valence-corrected chi connectivity index (χ1v) is 8.64. The monoisotopic (exact) mass is 343 g/mol. The van der Waals surface area contributed by atoms with E-state index in [0.717, 1.165) is 12.8 Å². The molecule has 1 atom stereocenters. The summed E-state index contributed by atoms with van der Waals surface area (Å²) in [6.45, 7) is 0. The quantitative estimate of drug-likeness (QED) is 0.873. The summed E-state index contributed by atoms with van der Waals surface area (Å²) >= 11 is 1.32. The number of para-hydroxylation sites is 1. The summed E-state index contributed by atoms with van der Waals surface area (Å²) in [6.07, 6.45) is 3.95. The minimum absolute atomic E-state index is 0.153. The molecule has 1 aliphatic rings. The van der Waals surface area contributed by atoms with Crippen molar-refractivity contribution >= 4 is 39.8 Å². The van der Waals surface area contributed by atoms with E-state index in [4.69, 9.17) is 0 Å². The van der Waals surface area contributed by atoms with E-state index >= 15 is 0 Å². The average molecular weight is 343 g/mol. The van der Waals surface area contributed by atoms with Gasteiger partial charge in [-0.05, 0) is 25.0 Å². The molecule has 1 aromatic heterocycles. The number of nitrogens with one attached hydrogen (secondary N) is 2. The summed E-state index contributed by atoms with van der Waals surface area (Å²) in [5, 5.41) is 7.71. The molecule has 1 heterocycles. The molecule has 0 saturated heterocycles. The van der Waals surface area contributed by atoms with Gasteiger partial charge in [-0.15, -0.1) is 11.3 Å². The maximum absolute atomic E-state index is 12.4. The van der Waals surface area contributed by atoms with Gasteiger partial charge >= 0.3 is 0 Å². The Kier molecular flexibility index (Phi) is 5.00. The Morgan fingerprint density at radius 3 is 2.79 bits per heavy atom. The third-order valence-electron chi connectivity index (χ3n) is 3.96. The van der Waals surface area contributed by atoms with E-state index in [0.29, 0.717) is 22.8 Å². The van der Waals surface area contributed by atoms with Crippen LogP contribution in [0.2, 0.25) is 0 Å². The Labute approximate surface area is 143 Å². The van der Waals surface area contributed by atoms with Crippen LogP contribution in [0.3, 0.4) is 0 Å².